The van der Waals surface area contributed by atoms with Gasteiger partial charge in [-0.15, -0.1) is 0 Å². The van der Waals surface area contributed by atoms with Gasteiger partial charge in [-0.1, -0.05) is 30.3 Å². The lowest BCUT2D eigenvalue weighted by molar-refractivity contribution is -0.212. The Bertz CT molecular complexity index is 491. The summed E-state index contributed by atoms with van der Waals surface area (Å²) >= 11 is 0. The molecule has 0 radical (unpaired) electrons. The molecule has 0 aromatic heterocycles. The van der Waals surface area contributed by atoms with Crippen molar-refractivity contribution in [1.82, 2.24) is 5.32 Å². The predicted molar refractivity (Wildman–Crippen MR) is 84.4 cm³/mol. The maximum atomic E-state index is 10.8. The average Bonchev–Trinajstić information content (AvgIpc) is 2.53. The van der Waals surface area contributed by atoms with Crippen LogP contribution in [0.25, 0.3) is 0 Å². The molecular formula is C18H27NO2. The third-order valence-electron chi connectivity index (χ3n) is 5.44. The second-order valence-electron chi connectivity index (χ2n) is 7.26. The van der Waals surface area contributed by atoms with Gasteiger partial charge in [0.15, 0.2) is 0 Å². The first-order chi connectivity index (χ1) is 9.96. The number of aliphatic hydroxyl groups is 1. The van der Waals surface area contributed by atoms with E-state index in [1.54, 1.807) is 0 Å². The highest BCUT2D eigenvalue weighted by Crippen LogP contribution is 2.49. The van der Waals surface area contributed by atoms with Gasteiger partial charge in [0.25, 0.3) is 0 Å². The van der Waals surface area contributed by atoms with Crippen molar-refractivity contribution in [2.24, 2.45) is 0 Å². The van der Waals surface area contributed by atoms with Crippen LogP contribution in [0.5, 0.6) is 0 Å². The minimum atomic E-state index is -0.475. The Morgan fingerprint density at radius 3 is 2.57 bits per heavy atom. The Morgan fingerprint density at radius 2 is 1.90 bits per heavy atom. The molecule has 3 heteroatoms. The Morgan fingerprint density at radius 1 is 1.19 bits per heavy atom. The molecule has 1 aromatic rings. The highest BCUT2D eigenvalue weighted by atomic mass is 16.5. The van der Waals surface area contributed by atoms with Crippen LogP contribution in [0.1, 0.15) is 51.0 Å². The molecule has 0 aliphatic carbocycles. The zero-order chi connectivity index (χ0) is 15.1. The van der Waals surface area contributed by atoms with Gasteiger partial charge in [-0.3, -0.25) is 0 Å². The minimum Gasteiger partial charge on any atom is -0.388 e. The van der Waals surface area contributed by atoms with E-state index in [1.165, 1.54) is 5.56 Å². The van der Waals surface area contributed by atoms with E-state index in [1.807, 2.05) is 7.05 Å². The Kier molecular flexibility index (Phi) is 3.85. The van der Waals surface area contributed by atoms with Crippen molar-refractivity contribution >= 4 is 0 Å². The summed E-state index contributed by atoms with van der Waals surface area (Å²) < 4.78 is 6.43. The molecule has 3 rings (SSSR count). The molecule has 21 heavy (non-hydrogen) atoms. The normalized spacial score (nSPS) is 43.3. The first-order valence-electron chi connectivity index (χ1n) is 8.06. The molecule has 2 bridgehead atoms. The number of likely N-dealkylation sites (N-methyl/N-ethyl adjacent to an activating group) is 1. The van der Waals surface area contributed by atoms with Crippen molar-refractivity contribution in [3.63, 3.8) is 0 Å². The molecule has 0 unspecified atom stereocenters. The number of benzene rings is 1. The van der Waals surface area contributed by atoms with Crippen LogP contribution in [0.2, 0.25) is 0 Å². The topological polar surface area (TPSA) is 41.5 Å². The number of aliphatic hydroxyl groups excluding tert-OH is 1. The van der Waals surface area contributed by atoms with Crippen LogP contribution in [-0.2, 0) is 4.74 Å². The summed E-state index contributed by atoms with van der Waals surface area (Å²) in [5.74, 6) is 0.459. The molecule has 5 atom stereocenters. The van der Waals surface area contributed by atoms with Crippen LogP contribution in [0, 0.1) is 0 Å². The van der Waals surface area contributed by atoms with Gasteiger partial charge < -0.3 is 15.2 Å². The van der Waals surface area contributed by atoms with Crippen molar-refractivity contribution in [3.8, 4) is 0 Å². The third-order valence-corrected chi connectivity index (χ3v) is 5.44. The summed E-state index contributed by atoms with van der Waals surface area (Å²) in [5, 5.41) is 14.1. The van der Waals surface area contributed by atoms with Crippen LogP contribution in [0.4, 0.5) is 0 Å². The van der Waals surface area contributed by atoms with Crippen molar-refractivity contribution in [2.75, 3.05) is 7.05 Å². The number of ether oxygens (including phenoxy) is 1. The zero-order valence-electron chi connectivity index (χ0n) is 13.3. The number of hydrogen-bond acceptors (Lipinski definition) is 3. The van der Waals surface area contributed by atoms with E-state index in [0.29, 0.717) is 5.92 Å². The number of hydrogen-bond donors (Lipinski definition) is 2. The van der Waals surface area contributed by atoms with Gasteiger partial charge in [0.2, 0.25) is 0 Å². The summed E-state index contributed by atoms with van der Waals surface area (Å²) in [6, 6.07) is 10.8. The quantitative estimate of drug-likeness (QED) is 0.879. The molecule has 3 nitrogen and oxygen atoms in total. The van der Waals surface area contributed by atoms with Crippen molar-refractivity contribution in [3.05, 3.63) is 35.9 Å². The second kappa shape index (κ2) is 5.38. The molecular weight excluding hydrogens is 262 g/mol. The molecule has 2 fully saturated rings. The lowest BCUT2D eigenvalue weighted by atomic mass is 9.74. The molecule has 2 N–H and O–H groups in total. The molecule has 2 saturated heterocycles. The maximum absolute atomic E-state index is 10.8. The first-order valence-corrected chi connectivity index (χ1v) is 8.06. The Balaban J connectivity index is 1.94. The highest BCUT2D eigenvalue weighted by Gasteiger charge is 2.52. The molecule has 0 saturated carbocycles. The van der Waals surface area contributed by atoms with E-state index in [4.69, 9.17) is 4.74 Å². The van der Waals surface area contributed by atoms with Gasteiger partial charge in [0.05, 0.1) is 17.3 Å². The van der Waals surface area contributed by atoms with Crippen molar-refractivity contribution in [1.29, 1.82) is 0 Å². The first kappa shape index (κ1) is 15.0. The van der Waals surface area contributed by atoms with E-state index in [-0.39, 0.29) is 11.6 Å². The van der Waals surface area contributed by atoms with Gasteiger partial charge in [-0.2, -0.15) is 0 Å². The van der Waals surface area contributed by atoms with E-state index in [2.05, 4.69) is 49.5 Å². The molecule has 2 heterocycles. The maximum Gasteiger partial charge on any atom is 0.0979 e. The Hall–Kier alpha value is -0.900. The fraction of sp³-hybridized carbons (Fsp3) is 0.667. The van der Waals surface area contributed by atoms with Gasteiger partial charge in [-0.25, -0.2) is 0 Å². The summed E-state index contributed by atoms with van der Waals surface area (Å²) in [6.45, 7) is 4.30. The molecule has 0 amide bonds. The van der Waals surface area contributed by atoms with E-state index in [0.717, 1.165) is 25.7 Å². The number of nitrogens with one attached hydrogen (secondary N) is 1. The van der Waals surface area contributed by atoms with E-state index < -0.39 is 11.7 Å². The molecule has 1 aromatic carbocycles. The summed E-state index contributed by atoms with van der Waals surface area (Å²) in [6.07, 6.45) is 3.41. The van der Waals surface area contributed by atoms with Gasteiger partial charge in [0.1, 0.15) is 0 Å². The van der Waals surface area contributed by atoms with Crippen LogP contribution in [0.3, 0.4) is 0 Å². The Labute approximate surface area is 127 Å². The summed E-state index contributed by atoms with van der Waals surface area (Å²) in [5.41, 5.74) is 0.756. The molecule has 0 spiro atoms. The average molecular weight is 289 g/mol. The van der Waals surface area contributed by atoms with Crippen LogP contribution in [-0.4, -0.2) is 35.5 Å². The monoisotopic (exact) mass is 289 g/mol. The fourth-order valence-corrected chi connectivity index (χ4v) is 4.37. The molecule has 2 aliphatic rings. The standard InChI is InChI=1S/C18H27NO2/c1-17-10-9-15(19-3)16(20)18(2,21-17)12-14(11-17)13-7-5-4-6-8-13/h4-8,14-16,19-20H,9-12H2,1-3H3/t14-,15-,16+,17-,18-/m0/s1. The zero-order valence-corrected chi connectivity index (χ0v) is 13.3. The second-order valence-corrected chi connectivity index (χ2v) is 7.26. The van der Waals surface area contributed by atoms with Gasteiger partial charge >= 0.3 is 0 Å². The number of rotatable bonds is 2. The van der Waals surface area contributed by atoms with Crippen LogP contribution < -0.4 is 5.32 Å². The van der Waals surface area contributed by atoms with Gasteiger partial charge in [0, 0.05) is 6.04 Å². The van der Waals surface area contributed by atoms with Crippen molar-refractivity contribution < 1.29 is 9.84 Å². The largest absolute Gasteiger partial charge is 0.388 e. The predicted octanol–water partition coefficient (Wildman–Crippen LogP) is 2.84. The van der Waals surface area contributed by atoms with Crippen LogP contribution >= 0.6 is 0 Å². The minimum absolute atomic E-state index is 0.117. The molecule has 2 aliphatic heterocycles. The smallest absolute Gasteiger partial charge is 0.0979 e. The third kappa shape index (κ3) is 2.75. The lowest BCUT2D eigenvalue weighted by Crippen LogP contribution is -2.56. The van der Waals surface area contributed by atoms with Gasteiger partial charge in [-0.05, 0) is 58.1 Å². The van der Waals surface area contributed by atoms with Crippen molar-refractivity contribution in [2.45, 2.75) is 68.8 Å². The van der Waals surface area contributed by atoms with E-state index >= 15 is 0 Å². The number of fused-ring (bicyclic) bond motifs is 2. The molecule has 116 valence electrons. The fourth-order valence-electron chi connectivity index (χ4n) is 4.37. The van der Waals surface area contributed by atoms with E-state index in [9.17, 15) is 5.11 Å². The van der Waals surface area contributed by atoms with Crippen LogP contribution in [0.15, 0.2) is 30.3 Å². The summed E-state index contributed by atoms with van der Waals surface area (Å²) in [4.78, 5) is 0. The lowest BCUT2D eigenvalue weighted by Gasteiger charge is -2.49. The SMILES string of the molecule is CN[C@H]1CC[C@@]2(C)C[C@H](c3ccccc3)C[C@](C)(O2)[C@@H]1O. The highest BCUT2D eigenvalue weighted by molar-refractivity contribution is 5.23. The summed E-state index contributed by atoms with van der Waals surface area (Å²) in [7, 11) is 1.93.